The van der Waals surface area contributed by atoms with Crippen molar-refractivity contribution in [3.63, 3.8) is 0 Å². The van der Waals surface area contributed by atoms with E-state index in [1.807, 2.05) is 18.2 Å². The molecule has 0 aliphatic heterocycles. The molecule has 0 amide bonds. The summed E-state index contributed by atoms with van der Waals surface area (Å²) in [6.07, 6.45) is 2.08. The Hall–Kier alpha value is -1.95. The number of aromatic nitrogens is 3. The van der Waals surface area contributed by atoms with E-state index in [0.29, 0.717) is 5.82 Å². The zero-order chi connectivity index (χ0) is 11.5. The Morgan fingerprint density at radius 2 is 2.24 bits per heavy atom. The van der Waals surface area contributed by atoms with E-state index in [1.165, 1.54) is 17.9 Å². The smallest absolute Gasteiger partial charge is 0.213 e. The Bertz CT molecular complexity index is 605. The molecule has 1 aromatic carbocycles. The summed E-state index contributed by atoms with van der Waals surface area (Å²) < 4.78 is 9.04. The number of benzene rings is 1. The van der Waals surface area contributed by atoms with Crippen molar-refractivity contribution < 1.29 is 4.52 Å². The fourth-order valence-corrected chi connectivity index (χ4v) is 2.39. The van der Waals surface area contributed by atoms with Gasteiger partial charge in [-0.25, -0.2) is 0 Å². The Kier molecular flexibility index (Phi) is 2.71. The van der Waals surface area contributed by atoms with Crippen LogP contribution in [0.1, 0.15) is 5.82 Å². The van der Waals surface area contributed by atoms with Crippen LogP contribution >= 0.6 is 11.5 Å². The van der Waals surface area contributed by atoms with Crippen LogP contribution in [0.25, 0.3) is 10.9 Å². The van der Waals surface area contributed by atoms with E-state index >= 15 is 0 Å². The molecule has 0 fully saturated rings. The highest BCUT2D eigenvalue weighted by molar-refractivity contribution is 7.11. The van der Waals surface area contributed by atoms with Crippen molar-refractivity contribution in [2.45, 2.75) is 6.42 Å². The fraction of sp³-hybridized carbons (Fsp3) is 0.182. The molecule has 0 spiro atoms. The van der Waals surface area contributed by atoms with Crippen LogP contribution in [0.5, 0.6) is 0 Å². The zero-order valence-corrected chi connectivity index (χ0v) is 9.78. The summed E-state index contributed by atoms with van der Waals surface area (Å²) in [5.41, 5.74) is 1.03. The maximum absolute atomic E-state index is 4.67. The van der Waals surface area contributed by atoms with Gasteiger partial charge in [0.2, 0.25) is 6.39 Å². The Morgan fingerprint density at radius 3 is 3.12 bits per heavy atom. The van der Waals surface area contributed by atoms with Gasteiger partial charge in [0.25, 0.3) is 0 Å². The highest BCUT2D eigenvalue weighted by Crippen LogP contribution is 2.26. The van der Waals surface area contributed by atoms with Gasteiger partial charge in [-0.2, -0.15) is 9.36 Å². The number of nitrogens with one attached hydrogen (secondary N) is 1. The maximum Gasteiger partial charge on any atom is 0.213 e. The summed E-state index contributed by atoms with van der Waals surface area (Å²) in [6.45, 7) is 0.770. The van der Waals surface area contributed by atoms with Crippen molar-refractivity contribution in [2.24, 2.45) is 0 Å². The highest BCUT2D eigenvalue weighted by atomic mass is 32.1. The molecule has 3 rings (SSSR count). The SMILES string of the molecule is c1ccc2c(NCCc3ncon3)snc2c1. The molecule has 0 aliphatic rings. The first kappa shape index (κ1) is 10.2. The average Bonchev–Trinajstić information content (AvgIpc) is 2.99. The van der Waals surface area contributed by atoms with Crippen LogP contribution in [0.4, 0.5) is 5.00 Å². The van der Waals surface area contributed by atoms with Gasteiger partial charge in [-0.1, -0.05) is 17.3 Å². The third-order valence-corrected chi connectivity index (χ3v) is 3.26. The second-order valence-electron chi connectivity index (χ2n) is 3.55. The lowest BCUT2D eigenvalue weighted by Crippen LogP contribution is -2.04. The monoisotopic (exact) mass is 246 g/mol. The van der Waals surface area contributed by atoms with Gasteiger partial charge < -0.3 is 9.84 Å². The van der Waals surface area contributed by atoms with Gasteiger partial charge >= 0.3 is 0 Å². The molecule has 6 heteroatoms. The predicted molar refractivity (Wildman–Crippen MR) is 66.1 cm³/mol. The fourth-order valence-electron chi connectivity index (χ4n) is 1.61. The Morgan fingerprint density at radius 1 is 1.29 bits per heavy atom. The normalized spacial score (nSPS) is 10.8. The minimum absolute atomic E-state index is 0.714. The first-order valence-corrected chi connectivity index (χ1v) is 6.04. The second-order valence-corrected chi connectivity index (χ2v) is 4.33. The largest absolute Gasteiger partial charge is 0.375 e. The van der Waals surface area contributed by atoms with Crippen molar-refractivity contribution >= 4 is 27.4 Å². The van der Waals surface area contributed by atoms with Gasteiger partial charge in [0.05, 0.1) is 5.52 Å². The summed E-state index contributed by atoms with van der Waals surface area (Å²) in [5, 5.41) is 9.34. The minimum atomic E-state index is 0.714. The molecule has 2 heterocycles. The van der Waals surface area contributed by atoms with Crippen molar-refractivity contribution in [1.82, 2.24) is 14.5 Å². The first-order chi connectivity index (χ1) is 8.43. The minimum Gasteiger partial charge on any atom is -0.375 e. The van der Waals surface area contributed by atoms with Crippen molar-refractivity contribution in [2.75, 3.05) is 11.9 Å². The maximum atomic E-state index is 4.67. The molecule has 0 bridgehead atoms. The molecule has 0 aliphatic carbocycles. The van der Waals surface area contributed by atoms with E-state index in [2.05, 4.69) is 30.4 Å². The molecule has 2 aromatic heterocycles. The van der Waals surface area contributed by atoms with Gasteiger partial charge in [-0.15, -0.1) is 0 Å². The van der Waals surface area contributed by atoms with Gasteiger partial charge in [-0.3, -0.25) is 0 Å². The number of hydrogen-bond donors (Lipinski definition) is 1. The van der Waals surface area contributed by atoms with E-state index in [-0.39, 0.29) is 0 Å². The number of rotatable bonds is 4. The summed E-state index contributed by atoms with van der Waals surface area (Å²) in [7, 11) is 0. The molecule has 0 unspecified atom stereocenters. The van der Waals surface area contributed by atoms with Gasteiger partial charge in [-0.05, 0) is 23.7 Å². The van der Waals surface area contributed by atoms with E-state index in [1.54, 1.807) is 0 Å². The summed E-state index contributed by atoms with van der Waals surface area (Å²) >= 11 is 1.47. The van der Waals surface area contributed by atoms with Gasteiger partial charge in [0.15, 0.2) is 5.82 Å². The van der Waals surface area contributed by atoms with Crippen LogP contribution < -0.4 is 5.32 Å². The van der Waals surface area contributed by atoms with E-state index in [4.69, 9.17) is 0 Å². The van der Waals surface area contributed by atoms with Crippen molar-refractivity contribution in [1.29, 1.82) is 0 Å². The molecular formula is C11H10N4OS. The highest BCUT2D eigenvalue weighted by Gasteiger charge is 2.04. The average molecular weight is 246 g/mol. The summed E-state index contributed by atoms with van der Waals surface area (Å²) in [5.74, 6) is 0.714. The predicted octanol–water partition coefficient (Wildman–Crippen LogP) is 2.33. The van der Waals surface area contributed by atoms with Crippen LogP contribution in [0.2, 0.25) is 0 Å². The third kappa shape index (κ3) is 2.12. The quantitative estimate of drug-likeness (QED) is 0.765. The number of anilines is 1. The number of nitrogens with zero attached hydrogens (tertiary/aromatic N) is 3. The van der Waals surface area contributed by atoms with Gasteiger partial charge in [0.1, 0.15) is 5.00 Å². The molecule has 1 N–H and O–H groups in total. The van der Waals surface area contributed by atoms with Crippen LogP contribution in [0, 0.1) is 0 Å². The standard InChI is InChI=1S/C11H10N4OS/c1-2-4-9-8(3-1)11(17-15-9)12-6-5-10-13-7-16-14-10/h1-4,7,12H,5-6H2. The van der Waals surface area contributed by atoms with Crippen LogP contribution in [-0.4, -0.2) is 21.1 Å². The van der Waals surface area contributed by atoms with E-state index in [0.717, 1.165) is 28.9 Å². The molecule has 0 saturated carbocycles. The molecule has 5 nitrogen and oxygen atoms in total. The molecule has 17 heavy (non-hydrogen) atoms. The van der Waals surface area contributed by atoms with Crippen molar-refractivity contribution in [3.8, 4) is 0 Å². The topological polar surface area (TPSA) is 63.8 Å². The molecule has 3 aromatic rings. The number of fused-ring (bicyclic) bond motifs is 1. The molecular weight excluding hydrogens is 236 g/mol. The van der Waals surface area contributed by atoms with E-state index in [9.17, 15) is 0 Å². The second kappa shape index (κ2) is 4.50. The van der Waals surface area contributed by atoms with Crippen LogP contribution in [-0.2, 0) is 6.42 Å². The summed E-state index contributed by atoms with van der Waals surface area (Å²) in [4.78, 5) is 3.97. The zero-order valence-electron chi connectivity index (χ0n) is 8.96. The van der Waals surface area contributed by atoms with Crippen molar-refractivity contribution in [3.05, 3.63) is 36.5 Å². The van der Waals surface area contributed by atoms with Crippen LogP contribution in [0.3, 0.4) is 0 Å². The molecule has 0 atom stereocenters. The lowest BCUT2D eigenvalue weighted by molar-refractivity contribution is 0.410. The Labute approximate surface area is 102 Å². The lowest BCUT2D eigenvalue weighted by Gasteiger charge is -2.00. The molecule has 86 valence electrons. The van der Waals surface area contributed by atoms with E-state index < -0.39 is 0 Å². The third-order valence-electron chi connectivity index (χ3n) is 2.43. The Balaban J connectivity index is 1.69. The first-order valence-electron chi connectivity index (χ1n) is 5.27. The van der Waals surface area contributed by atoms with Crippen LogP contribution in [0.15, 0.2) is 35.2 Å². The molecule has 0 radical (unpaired) electrons. The number of hydrogen-bond acceptors (Lipinski definition) is 6. The molecule has 0 saturated heterocycles. The lowest BCUT2D eigenvalue weighted by atomic mass is 10.2. The summed E-state index contributed by atoms with van der Waals surface area (Å²) in [6, 6.07) is 8.08. The van der Waals surface area contributed by atoms with Gasteiger partial charge in [0, 0.05) is 18.4 Å².